The van der Waals surface area contributed by atoms with Crippen LogP contribution in [0.4, 0.5) is 11.6 Å². The van der Waals surface area contributed by atoms with Gasteiger partial charge in [-0.1, -0.05) is 6.92 Å². The van der Waals surface area contributed by atoms with Gasteiger partial charge in [-0.25, -0.2) is 18.5 Å². The van der Waals surface area contributed by atoms with Crippen LogP contribution in [-0.4, -0.2) is 35.7 Å². The topological polar surface area (TPSA) is 127 Å². The van der Waals surface area contributed by atoms with Crippen LogP contribution < -0.4 is 15.2 Å². The highest BCUT2D eigenvalue weighted by Gasteiger charge is 2.28. The second-order valence-corrected chi connectivity index (χ2v) is 7.79. The lowest BCUT2D eigenvalue weighted by Gasteiger charge is -2.18. The van der Waals surface area contributed by atoms with Crippen molar-refractivity contribution < 1.29 is 18.3 Å². The van der Waals surface area contributed by atoms with Crippen LogP contribution in [0, 0.1) is 0 Å². The number of aliphatic hydroxyl groups is 1. The van der Waals surface area contributed by atoms with Crippen LogP contribution in [0.5, 0.6) is 5.88 Å². The molecule has 1 aliphatic rings. The summed E-state index contributed by atoms with van der Waals surface area (Å²) >= 11 is 0. The fourth-order valence-corrected chi connectivity index (χ4v) is 3.36. The van der Waals surface area contributed by atoms with Crippen LogP contribution in [0.2, 0.25) is 0 Å². The summed E-state index contributed by atoms with van der Waals surface area (Å²) in [5, 5.41) is 18.1. The van der Waals surface area contributed by atoms with Crippen molar-refractivity contribution in [2.24, 2.45) is 5.14 Å². The van der Waals surface area contributed by atoms with E-state index < -0.39 is 16.1 Å². The zero-order chi connectivity index (χ0) is 18.7. The van der Waals surface area contributed by atoms with Crippen LogP contribution in [0.1, 0.15) is 31.7 Å². The molecule has 1 saturated carbocycles. The molecule has 9 heteroatoms. The van der Waals surface area contributed by atoms with Gasteiger partial charge < -0.3 is 15.2 Å². The van der Waals surface area contributed by atoms with Gasteiger partial charge in [0, 0.05) is 17.4 Å². The molecule has 0 saturated heterocycles. The van der Waals surface area contributed by atoms with E-state index in [2.05, 4.69) is 15.3 Å². The van der Waals surface area contributed by atoms with E-state index in [1.54, 1.807) is 18.3 Å². The zero-order valence-corrected chi connectivity index (χ0v) is 15.2. The first-order valence-corrected chi connectivity index (χ1v) is 10.0. The second kappa shape index (κ2) is 7.56. The van der Waals surface area contributed by atoms with Gasteiger partial charge in [-0.05, 0) is 49.9 Å². The summed E-state index contributed by atoms with van der Waals surface area (Å²) < 4.78 is 28.5. The van der Waals surface area contributed by atoms with Gasteiger partial charge in [0.25, 0.3) is 0 Å². The van der Waals surface area contributed by atoms with Crippen LogP contribution in [0.25, 0.3) is 0 Å². The second-order valence-electron chi connectivity index (χ2n) is 6.23. The maximum atomic E-state index is 11.3. The average molecular weight is 378 g/mol. The van der Waals surface area contributed by atoms with Crippen molar-refractivity contribution in [1.29, 1.82) is 0 Å². The molecule has 2 unspecified atom stereocenters. The molecule has 2 aromatic rings. The van der Waals surface area contributed by atoms with Gasteiger partial charge in [0.1, 0.15) is 6.10 Å². The molecule has 1 heterocycles. The predicted molar refractivity (Wildman–Crippen MR) is 96.8 cm³/mol. The number of anilines is 2. The number of nitrogens with one attached hydrogen (secondary N) is 1. The third-order valence-electron chi connectivity index (χ3n) is 4.33. The number of nitrogens with two attached hydrogens (primary N) is 1. The van der Waals surface area contributed by atoms with Gasteiger partial charge in [0.15, 0.2) is 0 Å². The van der Waals surface area contributed by atoms with Crippen LogP contribution in [0.15, 0.2) is 35.4 Å². The quantitative estimate of drug-likeness (QED) is 0.698. The van der Waals surface area contributed by atoms with E-state index in [1.807, 2.05) is 6.92 Å². The molecule has 4 N–H and O–H groups in total. The molecular formula is C17H22N4O4S. The Labute approximate surface area is 152 Å². The Kier molecular flexibility index (Phi) is 5.40. The number of aliphatic hydroxyl groups excluding tert-OH is 1. The fourth-order valence-electron chi connectivity index (χ4n) is 2.84. The Morgan fingerprint density at radius 2 is 2.04 bits per heavy atom. The molecule has 140 valence electrons. The van der Waals surface area contributed by atoms with E-state index in [9.17, 15) is 13.5 Å². The van der Waals surface area contributed by atoms with E-state index in [4.69, 9.17) is 9.88 Å². The smallest absolute Gasteiger partial charge is 0.238 e. The number of sulfonamides is 1. The van der Waals surface area contributed by atoms with Gasteiger partial charge in [-0.2, -0.15) is 4.98 Å². The summed E-state index contributed by atoms with van der Waals surface area (Å²) in [4.78, 5) is 8.70. The summed E-state index contributed by atoms with van der Waals surface area (Å²) in [5.74, 6) is 0.783. The van der Waals surface area contributed by atoms with E-state index >= 15 is 0 Å². The Morgan fingerprint density at radius 3 is 2.62 bits per heavy atom. The number of hydrogen-bond acceptors (Lipinski definition) is 7. The molecule has 2 atom stereocenters. The van der Waals surface area contributed by atoms with Crippen LogP contribution in [-0.2, 0) is 16.4 Å². The highest BCUT2D eigenvalue weighted by molar-refractivity contribution is 7.89. The molecule has 3 rings (SSSR count). The molecule has 0 spiro atoms. The van der Waals surface area contributed by atoms with Crippen molar-refractivity contribution in [3.05, 3.63) is 36.0 Å². The lowest BCUT2D eigenvalue weighted by molar-refractivity contribution is 0.0568. The molecule has 1 fully saturated rings. The summed E-state index contributed by atoms with van der Waals surface area (Å²) in [5.41, 5.74) is 1.48. The Morgan fingerprint density at radius 1 is 1.31 bits per heavy atom. The van der Waals surface area contributed by atoms with E-state index in [0.717, 1.165) is 24.8 Å². The SMILES string of the molecule is CCc1cnc(Nc2ccc(S(N)(=O)=O)cc2)nc1OC1CCCC1O. The number of nitrogens with zero attached hydrogens (tertiary/aromatic N) is 2. The highest BCUT2D eigenvalue weighted by Crippen LogP contribution is 2.27. The summed E-state index contributed by atoms with van der Waals surface area (Å²) in [6, 6.07) is 5.98. The van der Waals surface area contributed by atoms with Gasteiger partial charge in [-0.15, -0.1) is 0 Å². The van der Waals surface area contributed by atoms with Crippen molar-refractivity contribution in [1.82, 2.24) is 9.97 Å². The number of hydrogen-bond donors (Lipinski definition) is 3. The molecule has 8 nitrogen and oxygen atoms in total. The predicted octanol–water partition coefficient (Wildman–Crippen LogP) is 1.72. The fraction of sp³-hybridized carbons (Fsp3) is 0.412. The molecule has 1 aromatic heterocycles. The minimum atomic E-state index is -3.73. The lowest BCUT2D eigenvalue weighted by Crippen LogP contribution is -2.26. The van der Waals surface area contributed by atoms with Crippen LogP contribution in [0.3, 0.4) is 0 Å². The maximum Gasteiger partial charge on any atom is 0.238 e. The Balaban J connectivity index is 1.78. The highest BCUT2D eigenvalue weighted by atomic mass is 32.2. The van der Waals surface area contributed by atoms with Crippen LogP contribution >= 0.6 is 0 Å². The van der Waals surface area contributed by atoms with E-state index in [-0.39, 0.29) is 11.0 Å². The van der Waals surface area contributed by atoms with Gasteiger partial charge in [0.05, 0.1) is 11.0 Å². The molecule has 0 aliphatic heterocycles. The molecule has 1 aromatic carbocycles. The van der Waals surface area contributed by atoms with E-state index in [1.165, 1.54) is 12.1 Å². The molecule has 26 heavy (non-hydrogen) atoms. The summed E-state index contributed by atoms with van der Waals surface area (Å²) in [6.45, 7) is 1.98. The first kappa shape index (κ1) is 18.6. The standard InChI is InChI=1S/C17H22N4O4S/c1-2-11-10-19-17(21-16(11)25-15-5-3-4-14(15)22)20-12-6-8-13(9-7-12)26(18,23)24/h6-10,14-15,22H,2-5H2,1H3,(H2,18,23,24)(H,19,20,21). The monoisotopic (exact) mass is 378 g/mol. The molecule has 1 aliphatic carbocycles. The largest absolute Gasteiger partial charge is 0.471 e. The molecule has 0 radical (unpaired) electrons. The first-order chi connectivity index (χ1) is 12.4. The van der Waals surface area contributed by atoms with Gasteiger partial charge in [-0.3, -0.25) is 0 Å². The number of rotatable bonds is 6. The zero-order valence-electron chi connectivity index (χ0n) is 14.4. The number of ether oxygens (including phenoxy) is 1. The lowest BCUT2D eigenvalue weighted by atomic mass is 10.2. The third kappa shape index (κ3) is 4.29. The minimum absolute atomic E-state index is 0.0320. The third-order valence-corrected chi connectivity index (χ3v) is 5.25. The van der Waals surface area contributed by atoms with Crippen molar-refractivity contribution in [3.63, 3.8) is 0 Å². The molecule has 0 amide bonds. The summed E-state index contributed by atoms with van der Waals surface area (Å²) in [6.07, 6.45) is 4.13. The number of benzene rings is 1. The van der Waals surface area contributed by atoms with Crippen molar-refractivity contribution in [2.45, 2.75) is 49.7 Å². The number of aromatic nitrogens is 2. The number of aryl methyl sites for hydroxylation is 1. The average Bonchev–Trinajstić information content (AvgIpc) is 3.00. The molecule has 0 bridgehead atoms. The van der Waals surface area contributed by atoms with Crippen molar-refractivity contribution in [3.8, 4) is 5.88 Å². The van der Waals surface area contributed by atoms with Crippen molar-refractivity contribution >= 4 is 21.7 Å². The normalized spacial score (nSPS) is 20.1. The maximum absolute atomic E-state index is 11.3. The Hall–Kier alpha value is -2.23. The minimum Gasteiger partial charge on any atom is -0.471 e. The Bertz CT molecular complexity index is 871. The van der Waals surface area contributed by atoms with Crippen molar-refractivity contribution in [2.75, 3.05) is 5.32 Å². The van der Waals surface area contributed by atoms with E-state index in [0.29, 0.717) is 23.9 Å². The first-order valence-electron chi connectivity index (χ1n) is 8.47. The molecular weight excluding hydrogens is 356 g/mol. The number of primary sulfonamides is 1. The summed E-state index contributed by atoms with van der Waals surface area (Å²) in [7, 11) is -3.73. The van der Waals surface area contributed by atoms with Gasteiger partial charge in [0.2, 0.25) is 21.9 Å². The van der Waals surface area contributed by atoms with Gasteiger partial charge >= 0.3 is 0 Å².